The average Bonchev–Trinajstić information content (AvgIpc) is 2.48. The van der Waals surface area contributed by atoms with Gasteiger partial charge in [0.05, 0.1) is 11.3 Å². The summed E-state index contributed by atoms with van der Waals surface area (Å²) >= 11 is 0. The second-order valence-electron chi connectivity index (χ2n) is 4.95. The van der Waals surface area contributed by atoms with E-state index in [4.69, 9.17) is 5.11 Å². The number of benzene rings is 1. The van der Waals surface area contributed by atoms with Gasteiger partial charge in [0, 0.05) is 18.8 Å². The molecule has 0 aliphatic carbocycles. The lowest BCUT2D eigenvalue weighted by Gasteiger charge is -2.14. The third-order valence-corrected chi connectivity index (χ3v) is 3.36. The second kappa shape index (κ2) is 6.45. The molecular weight excluding hydrogens is 271 g/mol. The van der Waals surface area contributed by atoms with Crippen LogP contribution >= 0.6 is 0 Å². The Labute approximate surface area is 122 Å². The van der Waals surface area contributed by atoms with Crippen LogP contribution in [0.5, 0.6) is 0 Å². The number of pyridine rings is 1. The van der Waals surface area contributed by atoms with Crippen LogP contribution in [0.3, 0.4) is 0 Å². The molecule has 0 aliphatic rings. The number of aryl methyl sites for hydroxylation is 1. The highest BCUT2D eigenvalue weighted by molar-refractivity contribution is 5.87. The lowest BCUT2D eigenvalue weighted by atomic mass is 10.1. The topological polar surface area (TPSA) is 62.2 Å². The van der Waals surface area contributed by atoms with Gasteiger partial charge >= 0.3 is 5.97 Å². The maximum absolute atomic E-state index is 13.5. The minimum Gasteiger partial charge on any atom is -0.478 e. The van der Waals surface area contributed by atoms with Crippen LogP contribution in [0.15, 0.2) is 36.5 Å². The maximum atomic E-state index is 13.5. The number of nitrogens with zero attached hydrogens (tertiary/aromatic N) is 1. The normalized spacial score (nSPS) is 12.1. The van der Waals surface area contributed by atoms with Crippen LogP contribution in [0.2, 0.25) is 0 Å². The predicted molar refractivity (Wildman–Crippen MR) is 77.6 cm³/mol. The first-order valence-corrected chi connectivity index (χ1v) is 6.65. The largest absolute Gasteiger partial charge is 0.478 e. The molecule has 2 N–H and O–H groups in total. The van der Waals surface area contributed by atoms with E-state index in [1.807, 2.05) is 13.0 Å². The van der Waals surface area contributed by atoms with Gasteiger partial charge in [0.1, 0.15) is 5.82 Å². The molecule has 110 valence electrons. The molecule has 1 aromatic heterocycles. The fraction of sp³-hybridized carbons (Fsp3) is 0.250. The van der Waals surface area contributed by atoms with E-state index in [9.17, 15) is 9.18 Å². The van der Waals surface area contributed by atoms with Gasteiger partial charge in [0.25, 0.3) is 0 Å². The Balaban J connectivity index is 1.98. The molecule has 21 heavy (non-hydrogen) atoms. The summed E-state index contributed by atoms with van der Waals surface area (Å²) in [6.45, 7) is 4.15. The van der Waals surface area contributed by atoms with E-state index in [1.54, 1.807) is 19.1 Å². The average molecular weight is 288 g/mol. The van der Waals surface area contributed by atoms with Crippen molar-refractivity contribution >= 4 is 5.97 Å². The Hall–Kier alpha value is -2.27. The highest BCUT2D eigenvalue weighted by atomic mass is 19.1. The number of aromatic nitrogens is 1. The summed E-state index contributed by atoms with van der Waals surface area (Å²) in [7, 11) is 0. The number of nitrogens with one attached hydrogen (secondary N) is 1. The zero-order valence-corrected chi connectivity index (χ0v) is 11.9. The number of aromatic carboxylic acids is 1. The van der Waals surface area contributed by atoms with Gasteiger partial charge in [-0.1, -0.05) is 12.1 Å². The molecule has 1 aromatic carbocycles. The van der Waals surface area contributed by atoms with E-state index in [-0.39, 0.29) is 17.4 Å². The zero-order chi connectivity index (χ0) is 15.4. The molecule has 1 heterocycles. The number of halogens is 1. The van der Waals surface area contributed by atoms with Crippen molar-refractivity contribution in [1.82, 2.24) is 10.3 Å². The lowest BCUT2D eigenvalue weighted by molar-refractivity contribution is 0.0696. The predicted octanol–water partition coefficient (Wildman–Crippen LogP) is 3.08. The van der Waals surface area contributed by atoms with E-state index in [2.05, 4.69) is 10.3 Å². The Kier molecular flexibility index (Phi) is 4.65. The Bertz CT molecular complexity index is 641. The van der Waals surface area contributed by atoms with Crippen molar-refractivity contribution in [1.29, 1.82) is 0 Å². The molecule has 1 atom stereocenters. The zero-order valence-electron chi connectivity index (χ0n) is 11.9. The third kappa shape index (κ3) is 3.86. The minimum absolute atomic E-state index is 0.0268. The summed E-state index contributed by atoms with van der Waals surface area (Å²) in [6.07, 6.45) is 1.33. The van der Waals surface area contributed by atoms with Crippen molar-refractivity contribution in [2.45, 2.75) is 26.4 Å². The van der Waals surface area contributed by atoms with Crippen LogP contribution in [0.25, 0.3) is 0 Å². The van der Waals surface area contributed by atoms with Crippen LogP contribution in [-0.2, 0) is 6.54 Å². The molecule has 2 aromatic rings. The Morgan fingerprint density at radius 3 is 2.71 bits per heavy atom. The van der Waals surface area contributed by atoms with Crippen molar-refractivity contribution < 1.29 is 14.3 Å². The quantitative estimate of drug-likeness (QED) is 0.887. The second-order valence-corrected chi connectivity index (χ2v) is 4.95. The molecule has 0 radical (unpaired) electrons. The molecule has 0 amide bonds. The van der Waals surface area contributed by atoms with Crippen LogP contribution in [0, 0.1) is 12.7 Å². The summed E-state index contributed by atoms with van der Waals surface area (Å²) in [4.78, 5) is 14.8. The molecule has 5 heteroatoms. The molecule has 0 aliphatic heterocycles. The molecule has 0 bridgehead atoms. The van der Waals surface area contributed by atoms with Gasteiger partial charge < -0.3 is 10.4 Å². The minimum atomic E-state index is -0.995. The first kappa shape index (κ1) is 15.1. The van der Waals surface area contributed by atoms with Gasteiger partial charge in [-0.3, -0.25) is 4.98 Å². The molecule has 0 spiro atoms. The SMILES string of the molecule is Cc1ccc(C(C)NCc2ccc(C(=O)O)cn2)cc1F. The van der Waals surface area contributed by atoms with Crippen molar-refractivity contribution in [2.75, 3.05) is 0 Å². The van der Waals surface area contributed by atoms with Crippen LogP contribution in [0.1, 0.15) is 40.1 Å². The Morgan fingerprint density at radius 1 is 1.38 bits per heavy atom. The number of carboxylic acids is 1. The molecule has 2 rings (SSSR count). The van der Waals surface area contributed by atoms with E-state index < -0.39 is 5.97 Å². The van der Waals surface area contributed by atoms with E-state index >= 15 is 0 Å². The van der Waals surface area contributed by atoms with E-state index in [0.717, 1.165) is 11.3 Å². The molecule has 1 unspecified atom stereocenters. The van der Waals surface area contributed by atoms with Gasteiger partial charge in [-0.2, -0.15) is 0 Å². The first-order valence-electron chi connectivity index (χ1n) is 6.65. The maximum Gasteiger partial charge on any atom is 0.337 e. The van der Waals surface area contributed by atoms with Crippen molar-refractivity contribution in [2.24, 2.45) is 0 Å². The van der Waals surface area contributed by atoms with Gasteiger partial charge in [0.15, 0.2) is 0 Å². The summed E-state index contributed by atoms with van der Waals surface area (Å²) in [6, 6.07) is 8.32. The first-order chi connectivity index (χ1) is 9.97. The number of hydrogen-bond donors (Lipinski definition) is 2. The van der Waals surface area contributed by atoms with Crippen molar-refractivity contribution in [3.63, 3.8) is 0 Å². The fourth-order valence-corrected chi connectivity index (χ4v) is 1.91. The van der Waals surface area contributed by atoms with Gasteiger partial charge in [0.2, 0.25) is 0 Å². The number of hydrogen-bond acceptors (Lipinski definition) is 3. The van der Waals surface area contributed by atoms with Crippen molar-refractivity contribution in [3.05, 3.63) is 64.7 Å². The van der Waals surface area contributed by atoms with Gasteiger partial charge in [-0.05, 0) is 43.2 Å². The van der Waals surface area contributed by atoms with Crippen LogP contribution < -0.4 is 5.32 Å². The lowest BCUT2D eigenvalue weighted by Crippen LogP contribution is -2.19. The number of carbonyl (C=O) groups is 1. The van der Waals surface area contributed by atoms with Crippen molar-refractivity contribution in [3.8, 4) is 0 Å². The van der Waals surface area contributed by atoms with Crippen LogP contribution in [-0.4, -0.2) is 16.1 Å². The smallest absolute Gasteiger partial charge is 0.337 e. The van der Waals surface area contributed by atoms with E-state index in [0.29, 0.717) is 12.1 Å². The van der Waals surface area contributed by atoms with Gasteiger partial charge in [-0.15, -0.1) is 0 Å². The van der Waals surface area contributed by atoms with E-state index in [1.165, 1.54) is 18.3 Å². The van der Waals surface area contributed by atoms with Crippen LogP contribution in [0.4, 0.5) is 4.39 Å². The summed E-state index contributed by atoms with van der Waals surface area (Å²) in [5.41, 5.74) is 2.38. The molecule has 0 saturated heterocycles. The highest BCUT2D eigenvalue weighted by Crippen LogP contribution is 2.16. The number of rotatable bonds is 5. The summed E-state index contributed by atoms with van der Waals surface area (Å²) in [5, 5.41) is 12.0. The third-order valence-electron chi connectivity index (χ3n) is 3.36. The summed E-state index contributed by atoms with van der Waals surface area (Å²) < 4.78 is 13.5. The fourth-order valence-electron chi connectivity index (χ4n) is 1.91. The monoisotopic (exact) mass is 288 g/mol. The highest BCUT2D eigenvalue weighted by Gasteiger charge is 2.08. The molecule has 4 nitrogen and oxygen atoms in total. The standard InChI is InChI=1S/C16H17FN2O2/c1-10-3-4-12(7-15(10)17)11(2)18-9-14-6-5-13(8-19-14)16(20)21/h3-8,11,18H,9H2,1-2H3,(H,20,21). The Morgan fingerprint density at radius 2 is 2.14 bits per heavy atom. The molecule has 0 fully saturated rings. The van der Waals surface area contributed by atoms with Gasteiger partial charge in [-0.25, -0.2) is 9.18 Å². The molecule has 0 saturated carbocycles. The molecular formula is C16H17FN2O2. The summed E-state index contributed by atoms with van der Waals surface area (Å²) in [5.74, 6) is -1.21. The number of carboxylic acid groups (broad SMARTS) is 1.